The van der Waals surface area contributed by atoms with Crippen LogP contribution < -0.4 is 0 Å². The van der Waals surface area contributed by atoms with E-state index in [0.29, 0.717) is 12.8 Å². The van der Waals surface area contributed by atoms with E-state index in [2.05, 4.69) is 18.7 Å². The molecule has 1 rings (SSSR count). The van der Waals surface area contributed by atoms with Gasteiger partial charge in [0.25, 0.3) is 0 Å². The van der Waals surface area contributed by atoms with Crippen LogP contribution in [-0.4, -0.2) is 59.6 Å². The van der Waals surface area contributed by atoms with Crippen LogP contribution in [0.15, 0.2) is 0 Å². The van der Waals surface area contributed by atoms with Gasteiger partial charge in [0.15, 0.2) is 0 Å². The average molecular weight is 270 g/mol. The molecular formula is C15H30N2O2. The molecule has 1 N–H and O–H groups in total. The zero-order valence-electron chi connectivity index (χ0n) is 12.8. The van der Waals surface area contributed by atoms with Crippen molar-refractivity contribution in [2.75, 3.05) is 32.7 Å². The van der Waals surface area contributed by atoms with Crippen LogP contribution in [0.25, 0.3) is 0 Å². The Morgan fingerprint density at radius 2 is 1.89 bits per heavy atom. The number of nitrogens with zero attached hydrogens (tertiary/aromatic N) is 2. The Bertz CT molecular complexity index is 257. The molecule has 1 fully saturated rings. The summed E-state index contributed by atoms with van der Waals surface area (Å²) >= 11 is 0. The number of rotatable bonds is 7. The minimum absolute atomic E-state index is 0.210. The maximum absolute atomic E-state index is 11.9. The van der Waals surface area contributed by atoms with Gasteiger partial charge in [0, 0.05) is 26.1 Å². The fourth-order valence-electron chi connectivity index (χ4n) is 2.70. The van der Waals surface area contributed by atoms with Crippen LogP contribution in [0.3, 0.4) is 0 Å². The molecule has 0 radical (unpaired) electrons. The van der Waals surface area contributed by atoms with Gasteiger partial charge in [-0.3, -0.25) is 4.79 Å². The number of amides is 1. The summed E-state index contributed by atoms with van der Waals surface area (Å²) in [6, 6.07) is 0. The van der Waals surface area contributed by atoms with Crippen LogP contribution in [0.5, 0.6) is 0 Å². The third-order valence-corrected chi connectivity index (χ3v) is 4.15. The molecule has 19 heavy (non-hydrogen) atoms. The molecule has 1 aliphatic heterocycles. The maximum atomic E-state index is 11.9. The molecule has 4 heteroatoms. The summed E-state index contributed by atoms with van der Waals surface area (Å²) in [5.74, 6) is 0.947. The van der Waals surface area contributed by atoms with Crippen LogP contribution in [0.4, 0.5) is 0 Å². The Hall–Kier alpha value is -0.610. The van der Waals surface area contributed by atoms with Crippen molar-refractivity contribution in [2.24, 2.45) is 5.92 Å². The second-order valence-electron chi connectivity index (χ2n) is 5.70. The lowest BCUT2D eigenvalue weighted by molar-refractivity contribution is -0.133. The number of aliphatic hydroxyl groups excluding tert-OH is 1. The molecule has 112 valence electrons. The molecule has 0 aliphatic carbocycles. The van der Waals surface area contributed by atoms with E-state index < -0.39 is 0 Å². The minimum Gasteiger partial charge on any atom is -0.393 e. The van der Waals surface area contributed by atoms with Crippen LogP contribution >= 0.6 is 0 Å². The molecule has 0 aromatic heterocycles. The second-order valence-corrected chi connectivity index (χ2v) is 5.70. The van der Waals surface area contributed by atoms with E-state index in [9.17, 15) is 9.90 Å². The molecular weight excluding hydrogens is 240 g/mol. The summed E-state index contributed by atoms with van der Waals surface area (Å²) in [5.41, 5.74) is 0. The highest BCUT2D eigenvalue weighted by Gasteiger charge is 2.23. The highest BCUT2D eigenvalue weighted by molar-refractivity contribution is 5.76. The number of piperidine rings is 1. The van der Waals surface area contributed by atoms with Gasteiger partial charge < -0.3 is 14.9 Å². The van der Waals surface area contributed by atoms with E-state index in [1.54, 1.807) is 6.92 Å². The lowest BCUT2D eigenvalue weighted by atomic mass is 9.95. The summed E-state index contributed by atoms with van der Waals surface area (Å²) < 4.78 is 0. The van der Waals surface area contributed by atoms with E-state index >= 15 is 0 Å². The van der Waals surface area contributed by atoms with Crippen LogP contribution in [0.2, 0.25) is 0 Å². The Morgan fingerprint density at radius 1 is 1.32 bits per heavy atom. The minimum atomic E-state index is -0.371. The van der Waals surface area contributed by atoms with Crippen LogP contribution in [0.1, 0.15) is 46.5 Å². The molecule has 0 aromatic rings. The smallest absolute Gasteiger partial charge is 0.222 e. The van der Waals surface area contributed by atoms with Gasteiger partial charge in [-0.15, -0.1) is 0 Å². The van der Waals surface area contributed by atoms with Gasteiger partial charge >= 0.3 is 0 Å². The third-order valence-electron chi connectivity index (χ3n) is 4.15. The van der Waals surface area contributed by atoms with Gasteiger partial charge in [0.2, 0.25) is 5.91 Å². The molecule has 4 nitrogen and oxygen atoms in total. The number of carbonyl (C=O) groups excluding carboxylic acids is 1. The SMILES string of the molecule is CCN(CC)CC1CCN(C(=O)CCC(C)O)CC1. The third kappa shape index (κ3) is 5.91. The largest absolute Gasteiger partial charge is 0.393 e. The van der Waals surface area contributed by atoms with Crippen molar-refractivity contribution in [3.8, 4) is 0 Å². The van der Waals surface area contributed by atoms with Crippen LogP contribution in [0, 0.1) is 5.92 Å². The molecule has 0 bridgehead atoms. The lowest BCUT2D eigenvalue weighted by Crippen LogP contribution is -2.41. The molecule has 1 heterocycles. The molecule has 1 aliphatic rings. The van der Waals surface area contributed by atoms with Crippen molar-refractivity contribution in [2.45, 2.75) is 52.6 Å². The Balaban J connectivity index is 2.26. The first-order valence-corrected chi connectivity index (χ1v) is 7.75. The van der Waals surface area contributed by atoms with Crippen molar-refractivity contribution in [1.82, 2.24) is 9.80 Å². The highest BCUT2D eigenvalue weighted by Crippen LogP contribution is 2.19. The van der Waals surface area contributed by atoms with E-state index in [4.69, 9.17) is 0 Å². The predicted molar refractivity (Wildman–Crippen MR) is 78.0 cm³/mol. The van der Waals surface area contributed by atoms with Gasteiger partial charge in [0.05, 0.1) is 6.10 Å². The topological polar surface area (TPSA) is 43.8 Å². The number of hydrogen-bond acceptors (Lipinski definition) is 3. The van der Waals surface area contributed by atoms with E-state index in [0.717, 1.165) is 44.9 Å². The number of likely N-dealkylation sites (tertiary alicyclic amines) is 1. The Labute approximate surface area is 117 Å². The van der Waals surface area contributed by atoms with Gasteiger partial charge in [-0.1, -0.05) is 13.8 Å². The molecule has 0 aromatic carbocycles. The predicted octanol–water partition coefficient (Wildman–Crippen LogP) is 1.73. The van der Waals surface area contributed by atoms with Gasteiger partial charge in [0.1, 0.15) is 0 Å². The summed E-state index contributed by atoms with van der Waals surface area (Å²) in [7, 11) is 0. The molecule has 0 saturated carbocycles. The number of aliphatic hydroxyl groups is 1. The van der Waals surface area contributed by atoms with E-state index in [1.807, 2.05) is 4.90 Å². The normalized spacial score (nSPS) is 18.9. The van der Waals surface area contributed by atoms with Crippen molar-refractivity contribution in [3.63, 3.8) is 0 Å². The first kappa shape index (κ1) is 16.4. The van der Waals surface area contributed by atoms with Gasteiger partial charge in [-0.05, 0) is 45.2 Å². The molecule has 1 saturated heterocycles. The van der Waals surface area contributed by atoms with Crippen LogP contribution in [-0.2, 0) is 4.79 Å². The van der Waals surface area contributed by atoms with Crippen molar-refractivity contribution in [1.29, 1.82) is 0 Å². The second kappa shape index (κ2) is 8.54. The number of carbonyl (C=O) groups is 1. The zero-order valence-corrected chi connectivity index (χ0v) is 12.8. The molecule has 1 atom stereocenters. The number of hydrogen-bond donors (Lipinski definition) is 1. The fourth-order valence-corrected chi connectivity index (χ4v) is 2.70. The van der Waals surface area contributed by atoms with Crippen molar-refractivity contribution >= 4 is 5.91 Å². The molecule has 0 spiro atoms. The maximum Gasteiger partial charge on any atom is 0.222 e. The van der Waals surface area contributed by atoms with E-state index in [-0.39, 0.29) is 12.0 Å². The van der Waals surface area contributed by atoms with Gasteiger partial charge in [-0.25, -0.2) is 0 Å². The lowest BCUT2D eigenvalue weighted by Gasteiger charge is -2.34. The van der Waals surface area contributed by atoms with Crippen molar-refractivity contribution < 1.29 is 9.90 Å². The highest BCUT2D eigenvalue weighted by atomic mass is 16.3. The summed E-state index contributed by atoms with van der Waals surface area (Å²) in [6.07, 6.45) is 2.94. The standard InChI is InChI=1S/C15H30N2O2/c1-4-16(5-2)12-14-8-10-17(11-9-14)15(19)7-6-13(3)18/h13-14,18H,4-12H2,1-3H3. The summed E-state index contributed by atoms with van der Waals surface area (Å²) in [6.45, 7) is 11.3. The molecule has 1 amide bonds. The monoisotopic (exact) mass is 270 g/mol. The molecule has 1 unspecified atom stereocenters. The summed E-state index contributed by atoms with van der Waals surface area (Å²) in [4.78, 5) is 16.4. The van der Waals surface area contributed by atoms with Crippen molar-refractivity contribution in [3.05, 3.63) is 0 Å². The van der Waals surface area contributed by atoms with E-state index in [1.165, 1.54) is 6.54 Å². The Morgan fingerprint density at radius 3 is 2.37 bits per heavy atom. The quantitative estimate of drug-likeness (QED) is 0.766. The average Bonchev–Trinajstić information content (AvgIpc) is 2.42. The fraction of sp³-hybridized carbons (Fsp3) is 0.933. The zero-order chi connectivity index (χ0) is 14.3. The Kier molecular flexibility index (Phi) is 7.39. The summed E-state index contributed by atoms with van der Waals surface area (Å²) in [5, 5.41) is 9.22. The van der Waals surface area contributed by atoms with Gasteiger partial charge in [-0.2, -0.15) is 0 Å². The first-order valence-electron chi connectivity index (χ1n) is 7.75. The first-order chi connectivity index (χ1) is 9.06.